The molecule has 1 amide bonds. The van der Waals surface area contributed by atoms with Crippen molar-refractivity contribution in [3.8, 4) is 0 Å². The number of carbonyl (C=O) groups is 3. The number of hydrogen-bond acceptors (Lipinski definition) is 5. The number of carbonyl (C=O) groups excluding carboxylic acids is 2. The third-order valence-corrected chi connectivity index (χ3v) is 5.05. The molecular weight excluding hydrogens is 432 g/mol. The van der Waals surface area contributed by atoms with Gasteiger partial charge in [-0.1, -0.05) is 48.4 Å². The van der Waals surface area contributed by atoms with Crippen LogP contribution < -0.4 is 10.2 Å². The van der Waals surface area contributed by atoms with Gasteiger partial charge in [-0.15, -0.1) is 12.4 Å². The number of fused-ring (bicyclic) bond motifs is 1. The molecule has 0 bridgehead atoms. The Morgan fingerprint density at radius 2 is 2.00 bits per heavy atom. The number of anilines is 1. The van der Waals surface area contributed by atoms with Crippen LogP contribution in [-0.2, 0) is 32.0 Å². The largest absolute Gasteiger partial charge is 0.480 e. The molecule has 2 aromatic rings. The van der Waals surface area contributed by atoms with Crippen LogP contribution in [0.1, 0.15) is 37.7 Å². The highest BCUT2D eigenvalue weighted by atomic mass is 35.5. The summed E-state index contributed by atoms with van der Waals surface area (Å²) in [4.78, 5) is 38.8. The van der Waals surface area contributed by atoms with Gasteiger partial charge in [-0.05, 0) is 49.8 Å². The fourth-order valence-electron chi connectivity index (χ4n) is 3.61. The topological polar surface area (TPSA) is 95.9 Å². The maximum Gasteiger partial charge on any atom is 0.323 e. The van der Waals surface area contributed by atoms with E-state index in [0.29, 0.717) is 18.5 Å². The van der Waals surface area contributed by atoms with E-state index in [9.17, 15) is 19.5 Å². The lowest BCUT2D eigenvalue weighted by atomic mass is 10.0. The number of rotatable bonds is 9. The van der Waals surface area contributed by atoms with E-state index >= 15 is 0 Å². The molecular formula is C24H29ClN2O5. The van der Waals surface area contributed by atoms with Gasteiger partial charge in [-0.3, -0.25) is 24.6 Å². The number of aryl methyl sites for hydroxylation is 1. The lowest BCUT2D eigenvalue weighted by molar-refractivity contribution is -0.146. The molecule has 172 valence electrons. The number of nitrogens with one attached hydrogen (secondary N) is 1. The summed E-state index contributed by atoms with van der Waals surface area (Å²) in [7, 11) is 0. The first-order valence-electron chi connectivity index (χ1n) is 12.7. The Bertz CT molecular complexity index is 1150. The minimum Gasteiger partial charge on any atom is -0.480 e. The zero-order chi connectivity index (χ0) is 26.6. The van der Waals surface area contributed by atoms with Gasteiger partial charge in [0.2, 0.25) is 5.91 Å². The van der Waals surface area contributed by atoms with Crippen molar-refractivity contribution >= 4 is 35.9 Å². The number of nitrogens with zero attached hydrogens (tertiary/aromatic N) is 1. The maximum absolute atomic E-state index is 13.4. The molecule has 0 radical (unpaired) electrons. The third-order valence-electron chi connectivity index (χ3n) is 5.05. The molecule has 0 aliphatic carbocycles. The highest BCUT2D eigenvalue weighted by molar-refractivity contribution is 6.02. The number of benzene rings is 2. The van der Waals surface area contributed by atoms with Crippen molar-refractivity contribution in [2.45, 2.75) is 44.7 Å². The van der Waals surface area contributed by atoms with Crippen LogP contribution in [0.2, 0.25) is 0 Å². The quantitative estimate of drug-likeness (QED) is 0.553. The highest BCUT2D eigenvalue weighted by Crippen LogP contribution is 2.27. The normalized spacial score (nSPS) is 18.5. The van der Waals surface area contributed by atoms with Gasteiger partial charge in [0.15, 0.2) is 0 Å². The summed E-state index contributed by atoms with van der Waals surface area (Å²) in [6, 6.07) is 2.97. The molecule has 1 aliphatic rings. The third kappa shape index (κ3) is 6.55. The van der Waals surface area contributed by atoms with Crippen molar-refractivity contribution in [1.29, 1.82) is 0 Å². The van der Waals surface area contributed by atoms with E-state index < -0.39 is 54.6 Å². The number of ether oxygens (including phenoxy) is 1. The average molecular weight is 466 g/mol. The summed E-state index contributed by atoms with van der Waals surface area (Å²) in [5, 5.41) is 12.4. The molecule has 0 saturated carbocycles. The Morgan fingerprint density at radius 3 is 2.69 bits per heavy atom. The molecule has 1 heterocycles. The zero-order valence-corrected chi connectivity index (χ0v) is 18.5. The summed E-state index contributed by atoms with van der Waals surface area (Å²) in [6.45, 7) is 1.17. The van der Waals surface area contributed by atoms with Gasteiger partial charge in [0.05, 0.1) is 19.5 Å². The molecule has 8 heteroatoms. The van der Waals surface area contributed by atoms with Crippen LogP contribution in [0, 0.1) is 0 Å². The van der Waals surface area contributed by atoms with Gasteiger partial charge < -0.3 is 9.84 Å². The van der Waals surface area contributed by atoms with E-state index in [1.54, 1.807) is 25.1 Å². The maximum atomic E-state index is 13.4. The number of amides is 1. The minimum absolute atomic E-state index is 0. The first-order valence-corrected chi connectivity index (χ1v) is 10.2. The van der Waals surface area contributed by atoms with Crippen LogP contribution in [0.3, 0.4) is 0 Å². The molecule has 0 spiro atoms. The van der Waals surface area contributed by atoms with Crippen molar-refractivity contribution in [1.82, 2.24) is 5.32 Å². The van der Waals surface area contributed by atoms with E-state index in [-0.39, 0.29) is 49.5 Å². The summed E-state index contributed by atoms with van der Waals surface area (Å²) < 4.78 is 44.9. The van der Waals surface area contributed by atoms with Gasteiger partial charge in [-0.2, -0.15) is 0 Å². The van der Waals surface area contributed by atoms with Crippen molar-refractivity contribution < 1.29 is 31.1 Å². The SMILES string of the molecule is Cl.[2H]c1c([2H])c([2H])c(CC[C@H](N[C@H]2CCc3ccccc3N(CC(=O)O)C2=O)C(=O)OCC)c([2H])c1[2H]. The molecule has 3 rings (SSSR count). The van der Waals surface area contributed by atoms with Crippen LogP contribution >= 0.6 is 12.4 Å². The zero-order valence-electron chi connectivity index (χ0n) is 22.6. The molecule has 32 heavy (non-hydrogen) atoms. The summed E-state index contributed by atoms with van der Waals surface area (Å²) in [5.74, 6) is -2.33. The molecule has 2 atom stereocenters. The van der Waals surface area contributed by atoms with Crippen LogP contribution in [-0.4, -0.2) is 48.2 Å². The van der Waals surface area contributed by atoms with Crippen LogP contribution in [0.5, 0.6) is 0 Å². The number of carboxylic acid groups (broad SMARTS) is 1. The van der Waals surface area contributed by atoms with Crippen molar-refractivity contribution in [2.75, 3.05) is 18.1 Å². The van der Waals surface area contributed by atoms with Gasteiger partial charge in [0.1, 0.15) is 12.6 Å². The molecule has 1 aliphatic heterocycles. The smallest absolute Gasteiger partial charge is 0.323 e. The summed E-state index contributed by atoms with van der Waals surface area (Å²) in [6.07, 6.45) is 0.736. The van der Waals surface area contributed by atoms with Crippen LogP contribution in [0.15, 0.2) is 54.5 Å². The number of aliphatic carboxylic acids is 1. The molecule has 0 unspecified atom stereocenters. The van der Waals surface area contributed by atoms with Crippen molar-refractivity contribution in [3.05, 3.63) is 65.6 Å². The number of hydrogen-bond donors (Lipinski definition) is 2. The fraction of sp³-hybridized carbons (Fsp3) is 0.375. The van der Waals surface area contributed by atoms with Gasteiger partial charge in [-0.25, -0.2) is 0 Å². The molecule has 0 saturated heterocycles. The number of esters is 1. The van der Waals surface area contributed by atoms with Gasteiger partial charge >= 0.3 is 11.9 Å². The van der Waals surface area contributed by atoms with E-state index in [0.717, 1.165) is 5.56 Å². The highest BCUT2D eigenvalue weighted by Gasteiger charge is 2.34. The Kier molecular flexibility index (Phi) is 7.12. The Morgan fingerprint density at radius 1 is 1.28 bits per heavy atom. The standard InChI is InChI=1S/C24H28N2O5.ClH/c1-2-31-24(30)20(14-12-17-8-4-3-5-9-17)25-19-15-13-18-10-6-7-11-21(18)26(23(19)29)16-22(27)28;/h3-11,19-20,25H,2,12-16H2,1H3,(H,27,28);1H/t19-,20-;/m0./s1/i3D,4D,5D,8D,9D;. The van der Waals surface area contributed by atoms with E-state index in [1.165, 1.54) is 4.90 Å². The second-order valence-corrected chi connectivity index (χ2v) is 7.15. The minimum atomic E-state index is -1.18. The summed E-state index contributed by atoms with van der Waals surface area (Å²) in [5.41, 5.74) is 1.37. The lowest BCUT2D eigenvalue weighted by Crippen LogP contribution is -2.53. The second-order valence-electron chi connectivity index (χ2n) is 7.15. The van der Waals surface area contributed by atoms with Crippen molar-refractivity contribution in [2.24, 2.45) is 0 Å². The molecule has 2 N–H and O–H groups in total. The van der Waals surface area contributed by atoms with E-state index in [4.69, 9.17) is 11.6 Å². The number of halogens is 1. The van der Waals surface area contributed by atoms with E-state index in [2.05, 4.69) is 5.32 Å². The number of carboxylic acids is 1. The van der Waals surface area contributed by atoms with Crippen LogP contribution in [0.4, 0.5) is 5.69 Å². The van der Waals surface area contributed by atoms with Crippen molar-refractivity contribution in [3.63, 3.8) is 0 Å². The number of para-hydroxylation sites is 1. The monoisotopic (exact) mass is 465 g/mol. The average Bonchev–Trinajstić information content (AvgIpc) is 2.97. The van der Waals surface area contributed by atoms with E-state index in [1.807, 2.05) is 6.07 Å². The molecule has 2 aromatic carbocycles. The first kappa shape index (κ1) is 18.7. The van der Waals surface area contributed by atoms with Gasteiger partial charge in [0.25, 0.3) is 0 Å². The second kappa shape index (κ2) is 12.2. The predicted octanol–water partition coefficient (Wildman–Crippen LogP) is 2.99. The molecule has 0 fully saturated rings. The Hall–Kier alpha value is -2.90. The van der Waals surface area contributed by atoms with Crippen LogP contribution in [0.25, 0.3) is 0 Å². The first-order chi connectivity index (χ1) is 17.1. The Labute approximate surface area is 201 Å². The lowest BCUT2D eigenvalue weighted by Gasteiger charge is -2.27. The predicted molar refractivity (Wildman–Crippen MR) is 124 cm³/mol. The molecule has 7 nitrogen and oxygen atoms in total. The Balaban J connectivity index is 0.00000481. The summed E-state index contributed by atoms with van der Waals surface area (Å²) >= 11 is 0. The molecule has 0 aromatic heterocycles. The fourth-order valence-corrected chi connectivity index (χ4v) is 3.61. The van der Waals surface area contributed by atoms with Gasteiger partial charge in [0, 0.05) is 5.69 Å².